The maximum atomic E-state index is 12.7. The van der Waals surface area contributed by atoms with E-state index < -0.39 is 23.1 Å². The van der Waals surface area contributed by atoms with Crippen LogP contribution in [0, 0.1) is 6.92 Å². The zero-order valence-electron chi connectivity index (χ0n) is 15.6. The molecule has 0 saturated heterocycles. The van der Waals surface area contributed by atoms with Crippen molar-refractivity contribution >= 4 is 16.9 Å². The molecule has 146 valence electrons. The van der Waals surface area contributed by atoms with Gasteiger partial charge in [-0.2, -0.15) is 0 Å². The minimum Gasteiger partial charge on any atom is -0.507 e. The van der Waals surface area contributed by atoms with E-state index in [9.17, 15) is 19.5 Å². The van der Waals surface area contributed by atoms with Gasteiger partial charge in [0, 0.05) is 28.5 Å². The molecule has 0 unspecified atom stereocenters. The maximum absolute atomic E-state index is 12.7. The largest absolute Gasteiger partial charge is 0.507 e. The number of ether oxygens (including phenoxy) is 2. The van der Waals surface area contributed by atoms with Crippen LogP contribution in [-0.2, 0) is 9.53 Å². The van der Waals surface area contributed by atoms with Crippen molar-refractivity contribution in [3.8, 4) is 11.5 Å². The van der Waals surface area contributed by atoms with Crippen LogP contribution in [-0.4, -0.2) is 30.3 Å². The Balaban J connectivity index is 2.26. The highest BCUT2D eigenvalue weighted by molar-refractivity contribution is 5.81. The molecule has 3 aromatic rings. The average Bonchev–Trinajstić information content (AvgIpc) is 2.65. The minimum absolute atomic E-state index is 0.123. The molecular formula is C20H19NO7. The summed E-state index contributed by atoms with van der Waals surface area (Å²) < 4.78 is 15.0. The van der Waals surface area contributed by atoms with Gasteiger partial charge in [-0.25, -0.2) is 4.79 Å². The monoisotopic (exact) mass is 385 g/mol. The number of H-pyrrole nitrogens is 1. The molecular weight excluding hydrogens is 366 g/mol. The lowest BCUT2D eigenvalue weighted by molar-refractivity contribution is -0.140. The van der Waals surface area contributed by atoms with Crippen LogP contribution < -0.4 is 15.9 Å². The molecule has 0 saturated carbocycles. The summed E-state index contributed by atoms with van der Waals surface area (Å²) in [6.07, 6.45) is -0.323. The van der Waals surface area contributed by atoms with Gasteiger partial charge in [0.2, 0.25) is 0 Å². The number of hydrogen-bond donors (Lipinski definition) is 2. The van der Waals surface area contributed by atoms with Crippen LogP contribution in [0.2, 0.25) is 0 Å². The molecule has 0 spiro atoms. The van der Waals surface area contributed by atoms with Gasteiger partial charge < -0.3 is 24.0 Å². The van der Waals surface area contributed by atoms with E-state index in [1.165, 1.54) is 27.2 Å². The van der Waals surface area contributed by atoms with Gasteiger partial charge in [0.25, 0.3) is 5.56 Å². The summed E-state index contributed by atoms with van der Waals surface area (Å²) in [7, 11) is 2.72. The second-order valence-corrected chi connectivity index (χ2v) is 6.28. The first-order chi connectivity index (χ1) is 13.3. The van der Waals surface area contributed by atoms with Crippen molar-refractivity contribution in [2.75, 3.05) is 14.2 Å². The van der Waals surface area contributed by atoms with Gasteiger partial charge in [-0.15, -0.1) is 0 Å². The Morgan fingerprint density at radius 1 is 1.21 bits per heavy atom. The molecule has 1 aromatic carbocycles. The van der Waals surface area contributed by atoms with Crippen LogP contribution in [0.15, 0.2) is 44.3 Å². The number of fused-ring (bicyclic) bond motifs is 1. The molecule has 8 nitrogen and oxygen atoms in total. The van der Waals surface area contributed by atoms with Crippen LogP contribution in [0.25, 0.3) is 10.9 Å². The summed E-state index contributed by atoms with van der Waals surface area (Å²) >= 11 is 0. The number of aromatic nitrogens is 1. The number of nitrogens with one attached hydrogen (secondary N) is 1. The van der Waals surface area contributed by atoms with Crippen LogP contribution >= 0.6 is 0 Å². The van der Waals surface area contributed by atoms with Gasteiger partial charge in [0.05, 0.1) is 26.2 Å². The molecule has 0 aliphatic carbocycles. The van der Waals surface area contributed by atoms with Crippen LogP contribution in [0.4, 0.5) is 0 Å². The highest BCUT2D eigenvalue weighted by atomic mass is 16.5. The van der Waals surface area contributed by atoms with Crippen molar-refractivity contribution in [1.82, 2.24) is 4.98 Å². The average molecular weight is 385 g/mol. The van der Waals surface area contributed by atoms with Gasteiger partial charge in [0.1, 0.15) is 17.3 Å². The standard InChI is InChI=1S/C20H19NO7/c1-10-6-16(22)18(20(25)28-10)13(9-17(23)27-3)14-8-11-7-12(26-2)4-5-15(11)21-19(14)24/h4-8,13,22H,9H2,1-3H3,(H,21,24)/t13-/m0/s1. The molecule has 0 aliphatic heterocycles. The summed E-state index contributed by atoms with van der Waals surface area (Å²) in [6, 6.07) is 7.92. The second-order valence-electron chi connectivity index (χ2n) is 6.28. The number of aromatic hydroxyl groups is 1. The van der Waals surface area contributed by atoms with E-state index in [0.29, 0.717) is 16.7 Å². The van der Waals surface area contributed by atoms with Crippen LogP contribution in [0.5, 0.6) is 11.5 Å². The molecule has 2 aromatic heterocycles. The topological polar surface area (TPSA) is 119 Å². The zero-order chi connectivity index (χ0) is 20.4. The van der Waals surface area contributed by atoms with Crippen molar-refractivity contribution in [2.24, 2.45) is 0 Å². The lowest BCUT2D eigenvalue weighted by atomic mass is 9.89. The van der Waals surface area contributed by atoms with E-state index in [1.54, 1.807) is 24.3 Å². The minimum atomic E-state index is -1.05. The number of aryl methyl sites for hydroxylation is 1. The molecule has 2 heterocycles. The van der Waals surface area contributed by atoms with E-state index in [4.69, 9.17) is 13.9 Å². The Morgan fingerprint density at radius 2 is 1.96 bits per heavy atom. The van der Waals surface area contributed by atoms with Crippen molar-refractivity contribution in [3.63, 3.8) is 0 Å². The van der Waals surface area contributed by atoms with E-state index in [0.717, 1.165) is 0 Å². The Hall–Kier alpha value is -3.55. The lowest BCUT2D eigenvalue weighted by Crippen LogP contribution is -2.24. The molecule has 1 atom stereocenters. The predicted octanol–water partition coefficient (Wildman–Crippen LogP) is 2.20. The number of carbonyl (C=O) groups excluding carboxylic acids is 1. The third-order valence-electron chi connectivity index (χ3n) is 4.49. The third kappa shape index (κ3) is 3.62. The van der Waals surface area contributed by atoms with E-state index in [-0.39, 0.29) is 29.1 Å². The molecule has 0 aliphatic rings. The third-order valence-corrected chi connectivity index (χ3v) is 4.49. The number of pyridine rings is 1. The van der Waals surface area contributed by atoms with Crippen LogP contribution in [0.1, 0.15) is 29.2 Å². The molecule has 28 heavy (non-hydrogen) atoms. The molecule has 0 amide bonds. The molecule has 0 radical (unpaired) electrons. The van der Waals surface area contributed by atoms with Crippen molar-refractivity contribution in [2.45, 2.75) is 19.3 Å². The van der Waals surface area contributed by atoms with Crippen molar-refractivity contribution in [1.29, 1.82) is 0 Å². The number of methoxy groups -OCH3 is 2. The quantitative estimate of drug-likeness (QED) is 0.646. The SMILES string of the molecule is COC(=O)C[C@@H](c1cc2cc(OC)ccc2[nH]c1=O)c1c(O)cc(C)oc1=O. The fraction of sp³-hybridized carbons (Fsp3) is 0.250. The number of benzene rings is 1. The van der Waals surface area contributed by atoms with Gasteiger partial charge in [-0.1, -0.05) is 0 Å². The van der Waals surface area contributed by atoms with Crippen molar-refractivity contribution in [3.05, 3.63) is 68.0 Å². The first kappa shape index (κ1) is 19.2. The number of esters is 1. The Labute approximate surface area is 159 Å². The summed E-state index contributed by atoms with van der Waals surface area (Å²) in [5.41, 5.74) is -0.810. The fourth-order valence-corrected chi connectivity index (χ4v) is 3.13. The molecule has 3 rings (SSSR count). The summed E-state index contributed by atoms with van der Waals surface area (Å²) in [4.78, 5) is 39.8. The number of aromatic amines is 1. The van der Waals surface area contributed by atoms with Gasteiger partial charge in [-0.05, 0) is 31.2 Å². The molecule has 0 bridgehead atoms. The van der Waals surface area contributed by atoms with Gasteiger partial charge in [0.15, 0.2) is 0 Å². The number of rotatable bonds is 5. The fourth-order valence-electron chi connectivity index (χ4n) is 3.13. The first-order valence-electron chi connectivity index (χ1n) is 8.45. The maximum Gasteiger partial charge on any atom is 0.343 e. The zero-order valence-corrected chi connectivity index (χ0v) is 15.6. The van der Waals surface area contributed by atoms with Gasteiger partial charge in [-0.3, -0.25) is 9.59 Å². The Morgan fingerprint density at radius 3 is 2.61 bits per heavy atom. The highest BCUT2D eigenvalue weighted by Crippen LogP contribution is 2.32. The Kier molecular flexibility index (Phi) is 5.21. The highest BCUT2D eigenvalue weighted by Gasteiger charge is 2.28. The predicted molar refractivity (Wildman–Crippen MR) is 101 cm³/mol. The second kappa shape index (κ2) is 7.59. The van der Waals surface area contributed by atoms with E-state index in [2.05, 4.69) is 4.98 Å². The van der Waals surface area contributed by atoms with Gasteiger partial charge >= 0.3 is 11.6 Å². The van der Waals surface area contributed by atoms with E-state index >= 15 is 0 Å². The van der Waals surface area contributed by atoms with Crippen molar-refractivity contribution < 1.29 is 23.8 Å². The summed E-state index contributed by atoms with van der Waals surface area (Å²) in [5.74, 6) is -1.26. The number of carbonyl (C=O) groups is 1. The summed E-state index contributed by atoms with van der Waals surface area (Å²) in [6.45, 7) is 1.51. The molecule has 2 N–H and O–H groups in total. The Bertz CT molecular complexity index is 1160. The first-order valence-corrected chi connectivity index (χ1v) is 8.45. The van der Waals surface area contributed by atoms with E-state index in [1.807, 2.05) is 0 Å². The molecule has 8 heteroatoms. The normalized spacial score (nSPS) is 12.0. The molecule has 0 fully saturated rings. The number of hydrogen-bond acceptors (Lipinski definition) is 7. The van der Waals surface area contributed by atoms with Crippen LogP contribution in [0.3, 0.4) is 0 Å². The lowest BCUT2D eigenvalue weighted by Gasteiger charge is -2.17. The summed E-state index contributed by atoms with van der Waals surface area (Å²) in [5, 5.41) is 11.0. The smallest absolute Gasteiger partial charge is 0.343 e.